The van der Waals surface area contributed by atoms with Crippen LogP contribution in [0.5, 0.6) is 0 Å². The van der Waals surface area contributed by atoms with Crippen molar-refractivity contribution in [3.05, 3.63) is 65.7 Å². The molecular formula is C14H15BO2S. The molecule has 0 unspecified atom stereocenters. The highest BCUT2D eigenvalue weighted by atomic mass is 32.2. The minimum atomic E-state index is -1.39. The van der Waals surface area contributed by atoms with Crippen LogP contribution in [0.3, 0.4) is 0 Å². The molecule has 0 aliphatic carbocycles. The van der Waals surface area contributed by atoms with Gasteiger partial charge >= 0.3 is 7.12 Å². The van der Waals surface area contributed by atoms with Gasteiger partial charge in [0.15, 0.2) is 0 Å². The van der Waals surface area contributed by atoms with Gasteiger partial charge in [-0.2, -0.15) is 11.8 Å². The lowest BCUT2D eigenvalue weighted by molar-refractivity contribution is 0.425. The van der Waals surface area contributed by atoms with Crippen molar-refractivity contribution >= 4 is 24.3 Å². The van der Waals surface area contributed by atoms with Crippen LogP contribution >= 0.6 is 11.8 Å². The van der Waals surface area contributed by atoms with E-state index in [9.17, 15) is 0 Å². The Morgan fingerprint density at radius 1 is 0.833 bits per heavy atom. The van der Waals surface area contributed by atoms with Gasteiger partial charge < -0.3 is 10.0 Å². The monoisotopic (exact) mass is 258 g/mol. The maximum absolute atomic E-state index is 9.10. The molecule has 92 valence electrons. The molecule has 0 radical (unpaired) electrons. The number of benzene rings is 2. The zero-order valence-corrected chi connectivity index (χ0v) is 10.8. The molecule has 0 aliphatic rings. The summed E-state index contributed by atoms with van der Waals surface area (Å²) in [6.07, 6.45) is 0. The Hall–Kier alpha value is -1.23. The molecule has 0 heterocycles. The summed E-state index contributed by atoms with van der Waals surface area (Å²) in [4.78, 5) is 0. The van der Waals surface area contributed by atoms with Crippen molar-refractivity contribution in [2.24, 2.45) is 0 Å². The summed E-state index contributed by atoms with van der Waals surface area (Å²) in [6.45, 7) is 0. The molecular weight excluding hydrogens is 243 g/mol. The van der Waals surface area contributed by atoms with Crippen LogP contribution in [0.2, 0.25) is 0 Å². The van der Waals surface area contributed by atoms with Gasteiger partial charge in [0.25, 0.3) is 0 Å². The maximum atomic E-state index is 9.10. The van der Waals surface area contributed by atoms with E-state index in [-0.39, 0.29) is 0 Å². The lowest BCUT2D eigenvalue weighted by atomic mass is 9.80. The summed E-state index contributed by atoms with van der Waals surface area (Å²) in [5.41, 5.74) is 2.97. The van der Waals surface area contributed by atoms with E-state index in [0.29, 0.717) is 5.46 Å². The molecule has 2 rings (SSSR count). The van der Waals surface area contributed by atoms with E-state index in [1.807, 2.05) is 48.2 Å². The van der Waals surface area contributed by atoms with Crippen molar-refractivity contribution in [3.8, 4) is 0 Å². The predicted octanol–water partition coefficient (Wildman–Crippen LogP) is 1.80. The molecule has 2 aromatic carbocycles. The first-order valence-electron chi connectivity index (χ1n) is 5.82. The lowest BCUT2D eigenvalue weighted by Crippen LogP contribution is -2.29. The van der Waals surface area contributed by atoms with Gasteiger partial charge in [-0.3, -0.25) is 0 Å². The van der Waals surface area contributed by atoms with E-state index >= 15 is 0 Å². The van der Waals surface area contributed by atoms with Crippen molar-refractivity contribution in [1.82, 2.24) is 0 Å². The fourth-order valence-corrected chi connectivity index (χ4v) is 2.65. The predicted molar refractivity (Wildman–Crippen MR) is 77.7 cm³/mol. The normalized spacial score (nSPS) is 10.3. The highest BCUT2D eigenvalue weighted by molar-refractivity contribution is 7.97. The Kier molecular flexibility index (Phi) is 4.87. The van der Waals surface area contributed by atoms with Gasteiger partial charge in [-0.05, 0) is 16.6 Å². The molecule has 0 saturated carbocycles. The molecule has 18 heavy (non-hydrogen) atoms. The van der Waals surface area contributed by atoms with E-state index in [0.717, 1.165) is 17.1 Å². The molecule has 2 N–H and O–H groups in total. The average molecular weight is 258 g/mol. The summed E-state index contributed by atoms with van der Waals surface area (Å²) < 4.78 is 0. The zero-order chi connectivity index (χ0) is 12.8. The first-order valence-corrected chi connectivity index (χ1v) is 6.98. The topological polar surface area (TPSA) is 40.5 Å². The third kappa shape index (κ3) is 3.91. The number of thioether (sulfide) groups is 1. The Labute approximate surface area is 112 Å². The molecule has 0 aliphatic heterocycles. The second kappa shape index (κ2) is 6.64. The van der Waals surface area contributed by atoms with Gasteiger partial charge in [0.2, 0.25) is 0 Å². The molecule has 0 amide bonds. The summed E-state index contributed by atoms with van der Waals surface area (Å²) in [7, 11) is -1.39. The van der Waals surface area contributed by atoms with Crippen LogP contribution in [0.15, 0.2) is 54.6 Å². The molecule has 0 bridgehead atoms. The number of rotatable bonds is 5. The zero-order valence-electron chi connectivity index (χ0n) is 9.99. The highest BCUT2D eigenvalue weighted by Crippen LogP contribution is 2.16. The largest absolute Gasteiger partial charge is 0.488 e. The van der Waals surface area contributed by atoms with E-state index < -0.39 is 7.12 Å². The summed E-state index contributed by atoms with van der Waals surface area (Å²) >= 11 is 1.82. The fourth-order valence-electron chi connectivity index (χ4n) is 1.70. The molecule has 2 nitrogen and oxygen atoms in total. The van der Waals surface area contributed by atoms with Gasteiger partial charge in [-0.1, -0.05) is 54.6 Å². The minimum absolute atomic E-state index is 0.549. The van der Waals surface area contributed by atoms with Crippen molar-refractivity contribution < 1.29 is 10.0 Å². The van der Waals surface area contributed by atoms with Gasteiger partial charge in [0, 0.05) is 11.5 Å². The van der Waals surface area contributed by atoms with Crippen molar-refractivity contribution in [2.75, 3.05) is 0 Å². The Morgan fingerprint density at radius 3 is 2.22 bits per heavy atom. The van der Waals surface area contributed by atoms with Crippen LogP contribution in [0.1, 0.15) is 11.1 Å². The third-order valence-corrected chi connectivity index (χ3v) is 3.70. The van der Waals surface area contributed by atoms with E-state index in [4.69, 9.17) is 10.0 Å². The van der Waals surface area contributed by atoms with Crippen LogP contribution in [-0.4, -0.2) is 17.2 Å². The summed E-state index contributed by atoms with van der Waals surface area (Å²) in [5.74, 6) is 1.84. The first-order chi connectivity index (χ1) is 8.75. The second-order valence-electron chi connectivity index (χ2n) is 4.10. The maximum Gasteiger partial charge on any atom is 0.488 e. The van der Waals surface area contributed by atoms with Gasteiger partial charge in [0.1, 0.15) is 0 Å². The molecule has 0 atom stereocenters. The van der Waals surface area contributed by atoms with E-state index in [1.165, 1.54) is 5.56 Å². The average Bonchev–Trinajstić information content (AvgIpc) is 2.40. The van der Waals surface area contributed by atoms with E-state index in [1.54, 1.807) is 6.07 Å². The Morgan fingerprint density at radius 2 is 1.50 bits per heavy atom. The van der Waals surface area contributed by atoms with Crippen molar-refractivity contribution in [2.45, 2.75) is 11.5 Å². The van der Waals surface area contributed by atoms with Crippen LogP contribution in [0, 0.1) is 0 Å². The molecule has 0 saturated heterocycles. The Bertz CT molecular complexity index is 488. The van der Waals surface area contributed by atoms with Gasteiger partial charge in [-0.25, -0.2) is 0 Å². The molecule has 0 fully saturated rings. The van der Waals surface area contributed by atoms with Crippen LogP contribution in [-0.2, 0) is 11.5 Å². The SMILES string of the molecule is OB(O)c1cccc(CSCc2ccccc2)c1. The van der Waals surface area contributed by atoms with Gasteiger partial charge in [0.05, 0.1) is 0 Å². The van der Waals surface area contributed by atoms with Crippen LogP contribution in [0.4, 0.5) is 0 Å². The summed E-state index contributed by atoms with van der Waals surface area (Å²) in [5, 5.41) is 18.2. The van der Waals surface area contributed by atoms with E-state index in [2.05, 4.69) is 12.1 Å². The third-order valence-electron chi connectivity index (χ3n) is 2.63. The molecule has 0 aromatic heterocycles. The minimum Gasteiger partial charge on any atom is -0.423 e. The Balaban J connectivity index is 1.89. The molecule has 2 aromatic rings. The number of hydrogen-bond donors (Lipinski definition) is 2. The van der Waals surface area contributed by atoms with Crippen molar-refractivity contribution in [1.29, 1.82) is 0 Å². The van der Waals surface area contributed by atoms with Crippen LogP contribution < -0.4 is 5.46 Å². The second-order valence-corrected chi connectivity index (χ2v) is 5.08. The lowest BCUT2D eigenvalue weighted by Gasteiger charge is -2.05. The smallest absolute Gasteiger partial charge is 0.423 e. The van der Waals surface area contributed by atoms with Crippen LogP contribution in [0.25, 0.3) is 0 Å². The molecule has 4 heteroatoms. The fraction of sp³-hybridized carbons (Fsp3) is 0.143. The first kappa shape index (κ1) is 13.2. The standard InChI is InChI=1S/C14H15BO2S/c16-15(17)14-8-4-7-13(9-14)11-18-10-12-5-2-1-3-6-12/h1-9,16-17H,10-11H2. The van der Waals surface area contributed by atoms with Crippen molar-refractivity contribution in [3.63, 3.8) is 0 Å². The number of hydrogen-bond acceptors (Lipinski definition) is 3. The molecule has 0 spiro atoms. The highest BCUT2D eigenvalue weighted by Gasteiger charge is 2.10. The quantitative estimate of drug-likeness (QED) is 0.803. The van der Waals surface area contributed by atoms with Gasteiger partial charge in [-0.15, -0.1) is 0 Å². The summed E-state index contributed by atoms with van der Waals surface area (Å²) in [6, 6.07) is 17.7.